The summed E-state index contributed by atoms with van der Waals surface area (Å²) in [4.78, 5) is 14.4. The topological polar surface area (TPSA) is 49.8 Å². The number of amides is 1. The van der Waals surface area contributed by atoms with Crippen LogP contribution in [0.1, 0.15) is 67.7 Å². The lowest BCUT2D eigenvalue weighted by Gasteiger charge is -2.45. The van der Waals surface area contributed by atoms with E-state index in [9.17, 15) is 9.90 Å². The summed E-state index contributed by atoms with van der Waals surface area (Å²) in [5.74, 6) is 0. The van der Waals surface area contributed by atoms with Gasteiger partial charge in [0.15, 0.2) is 0 Å². The van der Waals surface area contributed by atoms with Crippen molar-refractivity contribution in [3.05, 3.63) is 0 Å². The number of carbonyl (C=O) groups excluding carboxylic acids is 1. The molecule has 1 unspecified atom stereocenters. The number of rotatable bonds is 3. The van der Waals surface area contributed by atoms with E-state index in [1.807, 2.05) is 39.5 Å². The van der Waals surface area contributed by atoms with E-state index in [-0.39, 0.29) is 29.6 Å². The first-order chi connectivity index (χ1) is 9.35. The van der Waals surface area contributed by atoms with Crippen LogP contribution >= 0.6 is 0 Å². The Bertz CT molecular complexity index is 369. The number of ether oxygens (including phenoxy) is 1. The Morgan fingerprint density at radius 2 is 1.86 bits per heavy atom. The quantitative estimate of drug-likeness (QED) is 0.862. The van der Waals surface area contributed by atoms with Crippen LogP contribution in [0, 0.1) is 10.8 Å². The summed E-state index contributed by atoms with van der Waals surface area (Å²) >= 11 is 0. The maximum atomic E-state index is 12.5. The summed E-state index contributed by atoms with van der Waals surface area (Å²) in [6, 6.07) is 0.148. The molecule has 1 saturated heterocycles. The Kier molecular flexibility index (Phi) is 5.36. The van der Waals surface area contributed by atoms with Crippen molar-refractivity contribution >= 4 is 6.09 Å². The highest BCUT2D eigenvalue weighted by Gasteiger charge is 2.39. The summed E-state index contributed by atoms with van der Waals surface area (Å²) in [5.41, 5.74) is -0.529. The third-order valence-corrected chi connectivity index (χ3v) is 4.04. The Morgan fingerprint density at radius 3 is 2.33 bits per heavy atom. The average Bonchev–Trinajstić information content (AvgIpc) is 2.29. The molecule has 1 aliphatic rings. The predicted octanol–water partition coefficient (Wildman–Crippen LogP) is 3.82. The van der Waals surface area contributed by atoms with Gasteiger partial charge in [-0.15, -0.1) is 0 Å². The molecule has 1 N–H and O–H groups in total. The Morgan fingerprint density at radius 1 is 1.29 bits per heavy atom. The third kappa shape index (κ3) is 5.85. The van der Waals surface area contributed by atoms with Crippen molar-refractivity contribution in [3.8, 4) is 0 Å². The van der Waals surface area contributed by atoms with E-state index in [0.29, 0.717) is 6.54 Å². The van der Waals surface area contributed by atoms with Crippen molar-refractivity contribution in [2.24, 2.45) is 10.8 Å². The number of aliphatic hydroxyl groups is 1. The second kappa shape index (κ2) is 6.15. The molecule has 0 aromatic rings. The monoisotopic (exact) mass is 299 g/mol. The van der Waals surface area contributed by atoms with Crippen LogP contribution in [-0.4, -0.2) is 40.9 Å². The van der Waals surface area contributed by atoms with Crippen LogP contribution in [0.5, 0.6) is 0 Å². The molecular formula is C17H33NO3. The number of hydrogen-bond donors (Lipinski definition) is 1. The molecule has 0 aromatic heterocycles. The molecule has 0 spiro atoms. The van der Waals surface area contributed by atoms with E-state index in [2.05, 4.69) is 13.8 Å². The average molecular weight is 299 g/mol. The summed E-state index contributed by atoms with van der Waals surface area (Å²) < 4.78 is 5.57. The molecule has 1 rings (SSSR count). The van der Waals surface area contributed by atoms with Gasteiger partial charge in [0.1, 0.15) is 5.60 Å². The first-order valence-electron chi connectivity index (χ1n) is 7.96. The molecule has 124 valence electrons. The molecule has 21 heavy (non-hydrogen) atoms. The van der Waals surface area contributed by atoms with Gasteiger partial charge in [-0.2, -0.15) is 0 Å². The largest absolute Gasteiger partial charge is 0.444 e. The molecule has 0 aromatic carbocycles. The fourth-order valence-corrected chi connectivity index (χ4v) is 2.83. The minimum atomic E-state index is -0.476. The molecule has 4 heteroatoms. The van der Waals surface area contributed by atoms with Gasteiger partial charge < -0.3 is 14.7 Å². The first kappa shape index (κ1) is 18.3. The Balaban J connectivity index is 2.87. The van der Waals surface area contributed by atoms with Crippen molar-refractivity contribution in [1.29, 1.82) is 0 Å². The maximum Gasteiger partial charge on any atom is 0.410 e. The zero-order valence-electron chi connectivity index (χ0n) is 14.8. The molecule has 1 atom stereocenters. The van der Waals surface area contributed by atoms with E-state index < -0.39 is 5.60 Å². The summed E-state index contributed by atoms with van der Waals surface area (Å²) in [6.07, 6.45) is 2.64. The molecule has 4 nitrogen and oxygen atoms in total. The predicted molar refractivity (Wildman–Crippen MR) is 85.2 cm³/mol. The lowest BCUT2D eigenvalue weighted by Crippen LogP contribution is -2.52. The Labute approximate surface area is 129 Å². The minimum absolute atomic E-state index is 0.122. The van der Waals surface area contributed by atoms with Crippen molar-refractivity contribution in [1.82, 2.24) is 4.90 Å². The van der Waals surface area contributed by atoms with Crippen LogP contribution in [-0.2, 0) is 4.74 Å². The standard InChI is InChI=1S/C17H33NO3/c1-15(2,3)21-14(20)18-11-16(4,5)9-8-13(18)10-17(6,7)12-19/h13,19H,8-12H2,1-7H3. The van der Waals surface area contributed by atoms with Crippen LogP contribution in [0.2, 0.25) is 0 Å². The SMILES string of the molecule is CC(C)(CO)CC1CCC(C)(C)CN1C(=O)OC(C)(C)C. The lowest BCUT2D eigenvalue weighted by atomic mass is 9.76. The normalized spacial score (nSPS) is 23.0. The fraction of sp³-hybridized carbons (Fsp3) is 0.941. The second-order valence-corrected chi connectivity index (χ2v) is 8.99. The molecule has 0 radical (unpaired) electrons. The van der Waals surface area contributed by atoms with Crippen LogP contribution in [0.3, 0.4) is 0 Å². The summed E-state index contributed by atoms with van der Waals surface area (Å²) in [7, 11) is 0. The highest BCUT2D eigenvalue weighted by Crippen LogP contribution is 2.37. The van der Waals surface area contributed by atoms with E-state index in [4.69, 9.17) is 4.74 Å². The van der Waals surface area contributed by atoms with E-state index >= 15 is 0 Å². The fourth-order valence-electron chi connectivity index (χ4n) is 2.83. The van der Waals surface area contributed by atoms with Gasteiger partial charge in [-0.05, 0) is 50.9 Å². The van der Waals surface area contributed by atoms with Crippen molar-refractivity contribution < 1.29 is 14.6 Å². The van der Waals surface area contributed by atoms with Crippen LogP contribution in [0.15, 0.2) is 0 Å². The van der Waals surface area contributed by atoms with E-state index in [0.717, 1.165) is 19.3 Å². The van der Waals surface area contributed by atoms with Crippen LogP contribution in [0.25, 0.3) is 0 Å². The molecule has 1 fully saturated rings. The van der Waals surface area contributed by atoms with Gasteiger partial charge in [0.2, 0.25) is 0 Å². The number of carbonyl (C=O) groups is 1. The molecule has 0 bridgehead atoms. The molecule has 1 amide bonds. The number of aliphatic hydroxyl groups excluding tert-OH is 1. The zero-order chi connectivity index (χ0) is 16.5. The lowest BCUT2D eigenvalue weighted by molar-refractivity contribution is -0.0179. The van der Waals surface area contributed by atoms with Crippen molar-refractivity contribution in [3.63, 3.8) is 0 Å². The molecule has 1 aliphatic heterocycles. The summed E-state index contributed by atoms with van der Waals surface area (Å²) in [5, 5.41) is 9.50. The first-order valence-corrected chi connectivity index (χ1v) is 7.96. The second-order valence-electron chi connectivity index (χ2n) is 8.99. The number of piperidine rings is 1. The maximum absolute atomic E-state index is 12.5. The van der Waals surface area contributed by atoms with Gasteiger partial charge >= 0.3 is 6.09 Å². The van der Waals surface area contributed by atoms with Crippen LogP contribution < -0.4 is 0 Å². The molecule has 0 saturated carbocycles. The molecule has 1 heterocycles. The van der Waals surface area contributed by atoms with Gasteiger partial charge in [0.05, 0.1) is 0 Å². The van der Waals surface area contributed by atoms with Gasteiger partial charge in [0.25, 0.3) is 0 Å². The van der Waals surface area contributed by atoms with Gasteiger partial charge in [-0.25, -0.2) is 4.79 Å². The minimum Gasteiger partial charge on any atom is -0.444 e. The van der Waals surface area contributed by atoms with Crippen molar-refractivity contribution in [2.75, 3.05) is 13.2 Å². The summed E-state index contributed by atoms with van der Waals surface area (Å²) in [6.45, 7) is 15.0. The smallest absolute Gasteiger partial charge is 0.410 e. The highest BCUT2D eigenvalue weighted by atomic mass is 16.6. The third-order valence-electron chi connectivity index (χ3n) is 4.04. The number of nitrogens with zero attached hydrogens (tertiary/aromatic N) is 1. The number of hydrogen-bond acceptors (Lipinski definition) is 3. The highest BCUT2D eigenvalue weighted by molar-refractivity contribution is 5.68. The Hall–Kier alpha value is -0.770. The van der Waals surface area contributed by atoms with Gasteiger partial charge in [-0.3, -0.25) is 0 Å². The number of likely N-dealkylation sites (tertiary alicyclic amines) is 1. The van der Waals surface area contributed by atoms with Gasteiger partial charge in [0, 0.05) is 19.2 Å². The van der Waals surface area contributed by atoms with E-state index in [1.165, 1.54) is 0 Å². The molecule has 0 aliphatic carbocycles. The molecular weight excluding hydrogens is 266 g/mol. The van der Waals surface area contributed by atoms with Crippen LogP contribution in [0.4, 0.5) is 4.79 Å². The zero-order valence-corrected chi connectivity index (χ0v) is 14.8. The van der Waals surface area contributed by atoms with E-state index in [1.54, 1.807) is 0 Å². The van der Waals surface area contributed by atoms with Crippen molar-refractivity contribution in [2.45, 2.75) is 79.4 Å². The van der Waals surface area contributed by atoms with Gasteiger partial charge in [-0.1, -0.05) is 27.7 Å².